The number of carbonyl (C=O) groups excluding carboxylic acids is 1. The largest absolute Gasteiger partial charge is 0.496 e. The lowest BCUT2D eigenvalue weighted by molar-refractivity contribution is 0.0600. The van der Waals surface area contributed by atoms with Crippen LogP contribution < -0.4 is 9.47 Å². The highest BCUT2D eigenvalue weighted by Crippen LogP contribution is 2.40. The second-order valence-electron chi connectivity index (χ2n) is 5.45. The average Bonchev–Trinajstić information content (AvgIpc) is 2.59. The van der Waals surface area contributed by atoms with E-state index < -0.39 is 5.97 Å². The minimum atomic E-state index is -0.429. The van der Waals surface area contributed by atoms with Crippen molar-refractivity contribution in [2.75, 3.05) is 14.2 Å². The average molecular weight is 328 g/mol. The number of hydrogen-bond donors (Lipinski definition) is 0. The van der Waals surface area contributed by atoms with Crippen molar-refractivity contribution >= 4 is 11.5 Å². The molecule has 3 rings (SSSR count). The molecule has 0 bridgehead atoms. The van der Waals surface area contributed by atoms with Gasteiger partial charge in [0.2, 0.25) is 0 Å². The van der Waals surface area contributed by atoms with E-state index in [2.05, 4.69) is 0 Å². The predicted octanol–water partition coefficient (Wildman–Crippen LogP) is 3.83. The summed E-state index contributed by atoms with van der Waals surface area (Å²) in [5.41, 5.74) is 2.71. The molecule has 0 amide bonds. The highest BCUT2D eigenvalue weighted by molar-refractivity contribution is 5.94. The first-order chi connectivity index (χ1) is 11.5. The lowest BCUT2D eigenvalue weighted by atomic mass is 9.92. The van der Waals surface area contributed by atoms with E-state index in [-0.39, 0.29) is 11.9 Å². The summed E-state index contributed by atoms with van der Waals surface area (Å²) in [5.74, 6) is 0.269. The molecule has 5 heteroatoms. The van der Waals surface area contributed by atoms with Crippen LogP contribution in [0.5, 0.6) is 11.5 Å². The molecule has 1 unspecified atom stereocenters. The molecule has 0 spiro atoms. The summed E-state index contributed by atoms with van der Waals surface area (Å²) in [5, 5.41) is 0. The first-order valence-corrected chi connectivity index (χ1v) is 7.48. The monoisotopic (exact) mass is 328 g/mol. The van der Waals surface area contributed by atoms with E-state index in [0.29, 0.717) is 17.1 Å². The van der Waals surface area contributed by atoms with Crippen LogP contribution in [0.2, 0.25) is 0 Å². The third kappa shape index (κ3) is 2.85. The van der Waals surface area contributed by atoms with E-state index in [1.165, 1.54) is 26.4 Å². The molecular weight excluding hydrogens is 311 g/mol. The number of halogens is 1. The first-order valence-electron chi connectivity index (χ1n) is 7.48. The van der Waals surface area contributed by atoms with Gasteiger partial charge in [0, 0.05) is 17.2 Å². The van der Waals surface area contributed by atoms with Gasteiger partial charge in [-0.05, 0) is 48.9 Å². The Balaban J connectivity index is 2.17. The Labute approximate surface area is 139 Å². The summed E-state index contributed by atoms with van der Waals surface area (Å²) in [4.78, 5) is 11.8. The van der Waals surface area contributed by atoms with Gasteiger partial charge in [0.25, 0.3) is 0 Å². The maximum Gasteiger partial charge on any atom is 0.337 e. The molecule has 124 valence electrons. The Morgan fingerprint density at radius 3 is 2.62 bits per heavy atom. The quantitative estimate of drug-likeness (QED) is 0.803. The molecule has 24 heavy (non-hydrogen) atoms. The molecule has 1 atom stereocenters. The van der Waals surface area contributed by atoms with Crippen molar-refractivity contribution in [2.24, 2.45) is 0 Å². The van der Waals surface area contributed by atoms with Crippen molar-refractivity contribution in [2.45, 2.75) is 13.0 Å². The predicted molar refractivity (Wildman–Crippen MR) is 87.9 cm³/mol. The minimum Gasteiger partial charge on any atom is -0.496 e. The summed E-state index contributed by atoms with van der Waals surface area (Å²) in [6.07, 6.45) is 1.75. The van der Waals surface area contributed by atoms with Crippen LogP contribution in [0, 0.1) is 5.82 Å². The molecule has 4 nitrogen and oxygen atoms in total. The van der Waals surface area contributed by atoms with E-state index in [9.17, 15) is 9.18 Å². The van der Waals surface area contributed by atoms with E-state index >= 15 is 0 Å². The summed E-state index contributed by atoms with van der Waals surface area (Å²) in [6, 6.07) is 9.47. The van der Waals surface area contributed by atoms with E-state index in [1.807, 2.05) is 13.0 Å². The van der Waals surface area contributed by atoms with Crippen LogP contribution in [0.4, 0.5) is 4.39 Å². The van der Waals surface area contributed by atoms with Crippen molar-refractivity contribution in [3.63, 3.8) is 0 Å². The molecule has 0 aliphatic carbocycles. The second-order valence-corrected chi connectivity index (χ2v) is 5.45. The van der Waals surface area contributed by atoms with Crippen LogP contribution in [0.1, 0.15) is 28.4 Å². The Hall–Kier alpha value is -2.82. The smallest absolute Gasteiger partial charge is 0.337 e. The summed E-state index contributed by atoms with van der Waals surface area (Å²) in [7, 11) is 2.83. The number of esters is 1. The zero-order valence-corrected chi connectivity index (χ0v) is 13.6. The Morgan fingerprint density at radius 2 is 1.92 bits per heavy atom. The van der Waals surface area contributed by atoms with Gasteiger partial charge in [0.05, 0.1) is 19.8 Å². The lowest BCUT2D eigenvalue weighted by Gasteiger charge is -2.25. The van der Waals surface area contributed by atoms with Crippen LogP contribution in [-0.4, -0.2) is 26.3 Å². The van der Waals surface area contributed by atoms with Gasteiger partial charge in [-0.3, -0.25) is 0 Å². The molecule has 0 fully saturated rings. The van der Waals surface area contributed by atoms with Gasteiger partial charge in [0.1, 0.15) is 23.4 Å². The van der Waals surface area contributed by atoms with Gasteiger partial charge in [-0.25, -0.2) is 9.18 Å². The zero-order valence-electron chi connectivity index (χ0n) is 13.6. The van der Waals surface area contributed by atoms with E-state index in [4.69, 9.17) is 14.2 Å². The number of benzene rings is 2. The highest BCUT2D eigenvalue weighted by Gasteiger charge is 2.23. The fraction of sp³-hybridized carbons (Fsp3) is 0.211. The first kappa shape index (κ1) is 16.1. The van der Waals surface area contributed by atoms with Gasteiger partial charge in [-0.2, -0.15) is 0 Å². The van der Waals surface area contributed by atoms with Crippen LogP contribution in [0.25, 0.3) is 5.57 Å². The molecule has 0 radical (unpaired) electrons. The Bertz CT molecular complexity index is 826. The summed E-state index contributed by atoms with van der Waals surface area (Å²) >= 11 is 0. The fourth-order valence-electron chi connectivity index (χ4n) is 2.77. The zero-order chi connectivity index (χ0) is 17.3. The van der Waals surface area contributed by atoms with Crippen molar-refractivity contribution in [3.05, 3.63) is 65.0 Å². The van der Waals surface area contributed by atoms with Crippen molar-refractivity contribution in [1.29, 1.82) is 0 Å². The molecular formula is C19H17FO4. The van der Waals surface area contributed by atoms with Gasteiger partial charge in [0.15, 0.2) is 0 Å². The number of fused-ring (bicyclic) bond motifs is 1. The van der Waals surface area contributed by atoms with Crippen molar-refractivity contribution < 1.29 is 23.4 Å². The molecule has 0 aromatic heterocycles. The number of methoxy groups -OCH3 is 2. The number of ether oxygens (including phenoxy) is 3. The van der Waals surface area contributed by atoms with Crippen LogP contribution >= 0.6 is 0 Å². The number of rotatable bonds is 3. The van der Waals surface area contributed by atoms with E-state index in [1.54, 1.807) is 24.3 Å². The van der Waals surface area contributed by atoms with Crippen molar-refractivity contribution in [1.82, 2.24) is 0 Å². The van der Waals surface area contributed by atoms with Gasteiger partial charge >= 0.3 is 5.97 Å². The molecule has 0 saturated heterocycles. The molecule has 0 N–H and O–H groups in total. The molecule has 1 aliphatic rings. The van der Waals surface area contributed by atoms with Gasteiger partial charge in [-0.1, -0.05) is 0 Å². The van der Waals surface area contributed by atoms with Crippen molar-refractivity contribution in [3.8, 4) is 11.5 Å². The standard InChI is InChI=1S/C19H17FO4/c1-11-8-15(14-6-5-13(20)10-18(14)22-2)16-9-12(19(21)23-3)4-7-17(16)24-11/h4-11H,1-3H3. The van der Waals surface area contributed by atoms with Gasteiger partial charge < -0.3 is 14.2 Å². The Kier molecular flexibility index (Phi) is 4.25. The molecule has 1 heterocycles. The number of hydrogen-bond acceptors (Lipinski definition) is 4. The molecule has 1 aliphatic heterocycles. The topological polar surface area (TPSA) is 44.8 Å². The summed E-state index contributed by atoms with van der Waals surface area (Å²) in [6.45, 7) is 1.91. The minimum absolute atomic E-state index is 0.161. The molecule has 2 aromatic carbocycles. The third-order valence-electron chi connectivity index (χ3n) is 3.86. The second kappa shape index (κ2) is 6.35. The molecule has 0 saturated carbocycles. The van der Waals surface area contributed by atoms with Crippen LogP contribution in [-0.2, 0) is 4.74 Å². The van der Waals surface area contributed by atoms with Crippen LogP contribution in [0.3, 0.4) is 0 Å². The third-order valence-corrected chi connectivity index (χ3v) is 3.86. The maximum absolute atomic E-state index is 13.5. The maximum atomic E-state index is 13.5. The van der Waals surface area contributed by atoms with Crippen LogP contribution in [0.15, 0.2) is 42.5 Å². The highest BCUT2D eigenvalue weighted by atomic mass is 19.1. The SMILES string of the molecule is COC(=O)c1ccc2c(c1)C(c1ccc(F)cc1OC)=CC(C)O2. The van der Waals surface area contributed by atoms with Gasteiger partial charge in [-0.15, -0.1) is 0 Å². The number of carbonyl (C=O) groups is 1. The molecule has 2 aromatic rings. The normalized spacial score (nSPS) is 15.8. The Morgan fingerprint density at radius 1 is 1.12 bits per heavy atom. The summed E-state index contributed by atoms with van der Waals surface area (Å²) < 4.78 is 29.4. The lowest BCUT2D eigenvalue weighted by Crippen LogP contribution is -2.16. The fourth-order valence-corrected chi connectivity index (χ4v) is 2.77. The van der Waals surface area contributed by atoms with E-state index in [0.717, 1.165) is 16.7 Å².